The first kappa shape index (κ1) is 13.1. The number of thioether (sulfide) groups is 1. The van der Waals surface area contributed by atoms with E-state index in [2.05, 4.69) is 9.97 Å². The lowest BCUT2D eigenvalue weighted by Crippen LogP contribution is -2.09. The van der Waals surface area contributed by atoms with Gasteiger partial charge in [-0.05, 0) is 19.8 Å². The second-order valence-electron chi connectivity index (χ2n) is 4.40. The Morgan fingerprint density at radius 2 is 2.00 bits per heavy atom. The molecule has 0 radical (unpaired) electrons. The van der Waals surface area contributed by atoms with E-state index in [4.69, 9.17) is 11.6 Å². The summed E-state index contributed by atoms with van der Waals surface area (Å²) in [5.74, 6) is 0.869. The Hall–Kier alpha value is -0.350. The molecular weight excluding hydrogens is 259 g/mol. The number of hydrogen-bond acceptors (Lipinski definition) is 3. The summed E-state index contributed by atoms with van der Waals surface area (Å²) in [5, 5.41) is 0.647. The molecule has 94 valence electrons. The molecule has 1 fully saturated rings. The van der Waals surface area contributed by atoms with Crippen molar-refractivity contribution in [1.82, 2.24) is 9.97 Å². The highest BCUT2D eigenvalue weighted by Gasteiger charge is 2.15. The number of halogens is 2. The van der Waals surface area contributed by atoms with Crippen LogP contribution >= 0.6 is 23.4 Å². The summed E-state index contributed by atoms with van der Waals surface area (Å²) in [4.78, 5) is 8.10. The van der Waals surface area contributed by atoms with E-state index >= 15 is 0 Å². The molecule has 1 aliphatic rings. The minimum absolute atomic E-state index is 0.0586. The minimum Gasteiger partial charge on any atom is -0.234 e. The zero-order chi connectivity index (χ0) is 12.3. The summed E-state index contributed by atoms with van der Waals surface area (Å²) in [6.07, 6.45) is 6.55. The molecule has 1 aromatic heterocycles. The van der Waals surface area contributed by atoms with Gasteiger partial charge in [0.15, 0.2) is 11.0 Å². The van der Waals surface area contributed by atoms with E-state index in [1.807, 2.05) is 11.8 Å². The first-order chi connectivity index (χ1) is 8.16. The van der Waals surface area contributed by atoms with Crippen molar-refractivity contribution < 1.29 is 4.39 Å². The van der Waals surface area contributed by atoms with Crippen molar-refractivity contribution in [2.75, 3.05) is 0 Å². The second-order valence-corrected chi connectivity index (χ2v) is 6.05. The third-order valence-electron chi connectivity index (χ3n) is 3.02. The van der Waals surface area contributed by atoms with E-state index in [9.17, 15) is 4.39 Å². The smallest absolute Gasteiger partial charge is 0.181 e. The minimum atomic E-state index is -0.502. The molecule has 1 aromatic rings. The molecule has 0 aliphatic heterocycles. The molecule has 5 heteroatoms. The fourth-order valence-electron chi connectivity index (χ4n) is 2.07. The Kier molecular flexibility index (Phi) is 4.62. The van der Waals surface area contributed by atoms with E-state index in [1.54, 1.807) is 6.92 Å². The highest BCUT2D eigenvalue weighted by atomic mass is 35.5. The average molecular weight is 275 g/mol. The van der Waals surface area contributed by atoms with Crippen molar-refractivity contribution in [3.05, 3.63) is 22.5 Å². The third kappa shape index (κ3) is 3.55. The fourth-order valence-corrected chi connectivity index (χ4v) is 3.48. The van der Waals surface area contributed by atoms with Crippen molar-refractivity contribution in [3.63, 3.8) is 0 Å². The van der Waals surface area contributed by atoms with Gasteiger partial charge in [0.1, 0.15) is 5.82 Å². The fraction of sp³-hybridized carbons (Fsp3) is 0.667. The molecule has 17 heavy (non-hydrogen) atoms. The van der Waals surface area contributed by atoms with E-state index in [1.165, 1.54) is 32.1 Å². The first-order valence-electron chi connectivity index (χ1n) is 5.97. The summed E-state index contributed by atoms with van der Waals surface area (Å²) >= 11 is 7.57. The molecule has 1 saturated carbocycles. The zero-order valence-electron chi connectivity index (χ0n) is 9.88. The number of nitrogens with zero attached hydrogens (tertiary/aromatic N) is 2. The zero-order valence-corrected chi connectivity index (χ0v) is 11.5. The number of rotatable bonds is 3. The van der Waals surface area contributed by atoms with Crippen molar-refractivity contribution in [2.45, 2.75) is 50.0 Å². The molecule has 2 rings (SSSR count). The number of aromatic nitrogens is 2. The van der Waals surface area contributed by atoms with E-state index in [-0.39, 0.29) is 5.15 Å². The molecule has 0 unspecified atom stereocenters. The summed E-state index contributed by atoms with van der Waals surface area (Å²) in [6.45, 7) is 1.62. The van der Waals surface area contributed by atoms with Crippen LogP contribution in [0.15, 0.2) is 0 Å². The summed E-state index contributed by atoms with van der Waals surface area (Å²) < 4.78 is 13.2. The Balaban J connectivity index is 1.94. The highest BCUT2D eigenvalue weighted by molar-refractivity contribution is 7.99. The van der Waals surface area contributed by atoms with Crippen LogP contribution in [0.25, 0.3) is 0 Å². The molecule has 0 saturated heterocycles. The van der Waals surface area contributed by atoms with Gasteiger partial charge in [0.2, 0.25) is 0 Å². The average Bonchev–Trinajstić information content (AvgIpc) is 2.34. The molecule has 1 heterocycles. The summed E-state index contributed by atoms with van der Waals surface area (Å²) in [5.41, 5.74) is 0.337. The molecule has 2 nitrogen and oxygen atoms in total. The van der Waals surface area contributed by atoms with Crippen molar-refractivity contribution >= 4 is 23.4 Å². The van der Waals surface area contributed by atoms with Crippen LogP contribution in [0.2, 0.25) is 5.15 Å². The maximum absolute atomic E-state index is 13.2. The topological polar surface area (TPSA) is 25.8 Å². The van der Waals surface area contributed by atoms with Gasteiger partial charge in [-0.3, -0.25) is 0 Å². The summed E-state index contributed by atoms with van der Waals surface area (Å²) in [7, 11) is 0. The Morgan fingerprint density at radius 1 is 1.29 bits per heavy atom. The van der Waals surface area contributed by atoms with Crippen LogP contribution in [0.1, 0.15) is 43.6 Å². The van der Waals surface area contributed by atoms with E-state index in [0.717, 1.165) is 5.75 Å². The first-order valence-corrected chi connectivity index (χ1v) is 7.39. The molecule has 0 atom stereocenters. The lowest BCUT2D eigenvalue weighted by Gasteiger charge is -2.20. The molecule has 0 bridgehead atoms. The molecular formula is C12H16ClFN2S. The second kappa shape index (κ2) is 6.01. The van der Waals surface area contributed by atoms with Crippen LogP contribution in [-0.2, 0) is 5.75 Å². The monoisotopic (exact) mass is 274 g/mol. The molecule has 0 N–H and O–H groups in total. The normalized spacial score (nSPS) is 17.4. The standard InChI is InChI=1S/C12H16ClFN2S/c1-8-11(14)12(13)16-10(15-8)7-17-9-5-3-2-4-6-9/h9H,2-7H2,1H3. The Bertz CT molecular complexity index is 371. The van der Waals surface area contributed by atoms with Gasteiger partial charge in [-0.2, -0.15) is 11.8 Å². The maximum Gasteiger partial charge on any atom is 0.181 e. The molecule has 0 amide bonds. The lowest BCUT2D eigenvalue weighted by atomic mass is 10.0. The van der Waals surface area contributed by atoms with Crippen LogP contribution in [0.4, 0.5) is 4.39 Å². The van der Waals surface area contributed by atoms with E-state index in [0.29, 0.717) is 16.8 Å². The van der Waals surface area contributed by atoms with Gasteiger partial charge in [-0.15, -0.1) is 0 Å². The van der Waals surface area contributed by atoms with Gasteiger partial charge < -0.3 is 0 Å². The Morgan fingerprint density at radius 3 is 2.65 bits per heavy atom. The van der Waals surface area contributed by atoms with Gasteiger partial charge in [-0.1, -0.05) is 30.9 Å². The van der Waals surface area contributed by atoms with Crippen LogP contribution in [0.5, 0.6) is 0 Å². The largest absolute Gasteiger partial charge is 0.234 e. The molecule has 0 spiro atoms. The lowest BCUT2D eigenvalue weighted by molar-refractivity contribution is 0.516. The molecule has 0 aromatic carbocycles. The SMILES string of the molecule is Cc1nc(CSC2CCCCC2)nc(Cl)c1F. The summed E-state index contributed by atoms with van der Waals surface area (Å²) in [6, 6.07) is 0. The van der Waals surface area contributed by atoms with Crippen LogP contribution in [-0.4, -0.2) is 15.2 Å². The molecule has 1 aliphatic carbocycles. The highest BCUT2D eigenvalue weighted by Crippen LogP contribution is 2.30. The van der Waals surface area contributed by atoms with Gasteiger partial charge in [0.05, 0.1) is 11.4 Å². The number of hydrogen-bond donors (Lipinski definition) is 0. The van der Waals surface area contributed by atoms with Gasteiger partial charge in [0, 0.05) is 5.25 Å². The quantitative estimate of drug-likeness (QED) is 0.775. The predicted octanol–water partition coefficient (Wildman–Crippen LogP) is 4.14. The van der Waals surface area contributed by atoms with Gasteiger partial charge in [-0.25, -0.2) is 14.4 Å². The van der Waals surface area contributed by atoms with Crippen molar-refractivity contribution in [1.29, 1.82) is 0 Å². The van der Waals surface area contributed by atoms with Crippen LogP contribution < -0.4 is 0 Å². The Labute approximate surface area is 110 Å². The van der Waals surface area contributed by atoms with Crippen LogP contribution in [0.3, 0.4) is 0 Å². The predicted molar refractivity (Wildman–Crippen MR) is 69.9 cm³/mol. The van der Waals surface area contributed by atoms with Gasteiger partial charge >= 0.3 is 0 Å². The van der Waals surface area contributed by atoms with Crippen molar-refractivity contribution in [3.8, 4) is 0 Å². The maximum atomic E-state index is 13.2. The van der Waals surface area contributed by atoms with Gasteiger partial charge in [0.25, 0.3) is 0 Å². The van der Waals surface area contributed by atoms with E-state index < -0.39 is 5.82 Å². The number of aryl methyl sites for hydroxylation is 1. The third-order valence-corrected chi connectivity index (χ3v) is 4.64. The van der Waals surface area contributed by atoms with Crippen LogP contribution in [0, 0.1) is 12.7 Å². The van der Waals surface area contributed by atoms with Crippen molar-refractivity contribution in [2.24, 2.45) is 0 Å².